The summed E-state index contributed by atoms with van der Waals surface area (Å²) in [5, 5.41) is 8.25. The Hall–Kier alpha value is -4.11. The summed E-state index contributed by atoms with van der Waals surface area (Å²) in [6.07, 6.45) is 1.98. The Balaban J connectivity index is 1.46. The van der Waals surface area contributed by atoms with E-state index in [2.05, 4.69) is 59.9 Å². The van der Waals surface area contributed by atoms with Crippen LogP contribution in [-0.4, -0.2) is 13.3 Å². The van der Waals surface area contributed by atoms with Crippen LogP contribution in [0.3, 0.4) is 0 Å². The van der Waals surface area contributed by atoms with E-state index in [-0.39, 0.29) is 0 Å². The van der Waals surface area contributed by atoms with Crippen molar-refractivity contribution in [1.82, 2.24) is 0 Å². The highest BCUT2D eigenvalue weighted by molar-refractivity contribution is 6.13. The molecule has 0 radical (unpaired) electrons. The van der Waals surface area contributed by atoms with Crippen LogP contribution in [0.1, 0.15) is 5.56 Å². The van der Waals surface area contributed by atoms with E-state index < -0.39 is 0 Å². The van der Waals surface area contributed by atoms with Crippen LogP contribution in [0.4, 0.5) is 17.1 Å². The van der Waals surface area contributed by atoms with Crippen LogP contribution in [0.2, 0.25) is 0 Å². The first-order valence-corrected chi connectivity index (χ1v) is 10.3. The van der Waals surface area contributed by atoms with Crippen molar-refractivity contribution in [3.8, 4) is 5.75 Å². The normalized spacial score (nSPS) is 11.3. The van der Waals surface area contributed by atoms with Crippen molar-refractivity contribution in [3.05, 3.63) is 109 Å². The van der Waals surface area contributed by atoms with Gasteiger partial charge in [-0.05, 0) is 64.0 Å². The van der Waals surface area contributed by atoms with Crippen LogP contribution in [0.15, 0.2) is 108 Å². The molecule has 0 fully saturated rings. The Bertz CT molecular complexity index is 1330. The molecule has 150 valence electrons. The Morgan fingerprint density at radius 2 is 1.32 bits per heavy atom. The molecule has 0 amide bonds. The minimum absolute atomic E-state index is 0.812. The summed E-state index contributed by atoms with van der Waals surface area (Å²) >= 11 is 0. The van der Waals surface area contributed by atoms with E-state index in [1.54, 1.807) is 7.11 Å². The standard InChI is InChI=1S/C28H22N2O/c1-31-28-13-7-6-12-27(28)30-23-16-14-22(15-17-23)29-19-26-24-10-4-2-8-20(24)18-21-9-3-5-11-25(21)26/h2-19,30H,1H3. The van der Waals surface area contributed by atoms with E-state index in [9.17, 15) is 0 Å². The van der Waals surface area contributed by atoms with Crippen molar-refractivity contribution < 1.29 is 4.74 Å². The molecule has 0 bridgehead atoms. The van der Waals surface area contributed by atoms with Gasteiger partial charge in [0.15, 0.2) is 0 Å². The number of methoxy groups -OCH3 is 1. The Morgan fingerprint density at radius 1 is 0.710 bits per heavy atom. The van der Waals surface area contributed by atoms with Gasteiger partial charge < -0.3 is 10.1 Å². The van der Waals surface area contributed by atoms with Crippen molar-refractivity contribution in [3.63, 3.8) is 0 Å². The molecule has 3 heteroatoms. The van der Waals surface area contributed by atoms with Crippen molar-refractivity contribution in [1.29, 1.82) is 0 Å². The Kier molecular flexibility index (Phi) is 5.07. The predicted octanol–water partition coefficient (Wildman–Crippen LogP) is 7.50. The van der Waals surface area contributed by atoms with Gasteiger partial charge in [0.05, 0.1) is 18.5 Å². The van der Waals surface area contributed by atoms with Crippen LogP contribution in [0.25, 0.3) is 21.5 Å². The highest BCUT2D eigenvalue weighted by Gasteiger charge is 2.06. The molecule has 0 aromatic heterocycles. The lowest BCUT2D eigenvalue weighted by Gasteiger charge is -2.11. The monoisotopic (exact) mass is 402 g/mol. The van der Waals surface area contributed by atoms with Crippen LogP contribution in [0, 0.1) is 0 Å². The summed E-state index contributed by atoms with van der Waals surface area (Å²) in [6.45, 7) is 0. The number of anilines is 2. The second-order valence-electron chi connectivity index (χ2n) is 7.36. The number of aliphatic imine (C=N–C) groups is 1. The lowest BCUT2D eigenvalue weighted by Crippen LogP contribution is -1.93. The first-order chi connectivity index (χ1) is 15.3. The smallest absolute Gasteiger partial charge is 0.142 e. The van der Waals surface area contributed by atoms with Gasteiger partial charge in [-0.3, -0.25) is 4.99 Å². The van der Waals surface area contributed by atoms with Crippen LogP contribution < -0.4 is 10.1 Å². The second-order valence-corrected chi connectivity index (χ2v) is 7.36. The topological polar surface area (TPSA) is 33.6 Å². The molecule has 5 rings (SSSR count). The summed E-state index contributed by atoms with van der Waals surface area (Å²) in [6, 6.07) is 35.1. The molecular formula is C28H22N2O. The van der Waals surface area contributed by atoms with Gasteiger partial charge in [-0.25, -0.2) is 0 Å². The molecule has 0 unspecified atom stereocenters. The molecule has 0 saturated heterocycles. The molecule has 31 heavy (non-hydrogen) atoms. The fraction of sp³-hybridized carbons (Fsp3) is 0.0357. The summed E-state index contributed by atoms with van der Waals surface area (Å²) < 4.78 is 5.41. The maximum Gasteiger partial charge on any atom is 0.142 e. The van der Waals surface area contributed by atoms with Gasteiger partial charge in [0.25, 0.3) is 0 Å². The summed E-state index contributed by atoms with van der Waals surface area (Å²) in [4.78, 5) is 4.78. The molecule has 5 aromatic carbocycles. The molecule has 0 aliphatic heterocycles. The molecule has 0 heterocycles. The van der Waals surface area contributed by atoms with Crippen molar-refractivity contribution >= 4 is 44.8 Å². The zero-order valence-corrected chi connectivity index (χ0v) is 17.2. The average molecular weight is 402 g/mol. The maximum absolute atomic E-state index is 5.41. The number of hydrogen-bond acceptors (Lipinski definition) is 3. The Morgan fingerprint density at radius 3 is 2.00 bits per heavy atom. The van der Waals surface area contributed by atoms with Crippen LogP contribution in [-0.2, 0) is 0 Å². The molecule has 5 aromatic rings. The summed E-state index contributed by atoms with van der Waals surface area (Å²) in [5.41, 5.74) is 3.97. The van der Waals surface area contributed by atoms with E-state index >= 15 is 0 Å². The molecule has 0 atom stereocenters. The quantitative estimate of drug-likeness (QED) is 0.244. The Labute approximate surface area is 181 Å². The fourth-order valence-electron chi connectivity index (χ4n) is 3.86. The van der Waals surface area contributed by atoms with Crippen molar-refractivity contribution in [2.24, 2.45) is 4.99 Å². The number of ether oxygens (including phenoxy) is 1. The summed E-state index contributed by atoms with van der Waals surface area (Å²) in [5.74, 6) is 0.812. The zero-order valence-electron chi connectivity index (χ0n) is 17.2. The fourth-order valence-corrected chi connectivity index (χ4v) is 3.86. The number of rotatable bonds is 5. The first kappa shape index (κ1) is 18.9. The van der Waals surface area contributed by atoms with Gasteiger partial charge in [-0.2, -0.15) is 0 Å². The van der Waals surface area contributed by atoms with Gasteiger partial charge in [0.2, 0.25) is 0 Å². The van der Waals surface area contributed by atoms with E-state index in [0.29, 0.717) is 0 Å². The molecule has 3 nitrogen and oxygen atoms in total. The molecule has 0 saturated carbocycles. The number of benzene rings is 5. The third-order valence-electron chi connectivity index (χ3n) is 5.41. The highest BCUT2D eigenvalue weighted by Crippen LogP contribution is 2.29. The average Bonchev–Trinajstić information content (AvgIpc) is 2.83. The highest BCUT2D eigenvalue weighted by atomic mass is 16.5. The SMILES string of the molecule is COc1ccccc1Nc1ccc(N=Cc2c3ccccc3cc3ccccc23)cc1. The van der Waals surface area contributed by atoms with Gasteiger partial charge in [0.1, 0.15) is 5.75 Å². The molecule has 1 N–H and O–H groups in total. The first-order valence-electron chi connectivity index (χ1n) is 10.3. The molecule has 0 aliphatic rings. The lowest BCUT2D eigenvalue weighted by atomic mass is 9.97. The minimum atomic E-state index is 0.812. The van der Waals surface area contributed by atoms with Gasteiger partial charge in [-0.15, -0.1) is 0 Å². The predicted molar refractivity (Wildman–Crippen MR) is 131 cm³/mol. The second kappa shape index (κ2) is 8.33. The number of nitrogens with one attached hydrogen (secondary N) is 1. The van der Waals surface area contributed by atoms with Gasteiger partial charge in [-0.1, -0.05) is 60.7 Å². The number of hydrogen-bond donors (Lipinski definition) is 1. The minimum Gasteiger partial charge on any atom is -0.495 e. The third-order valence-corrected chi connectivity index (χ3v) is 5.41. The zero-order chi connectivity index (χ0) is 21.0. The maximum atomic E-state index is 5.41. The van der Waals surface area contributed by atoms with Gasteiger partial charge in [0, 0.05) is 17.5 Å². The van der Waals surface area contributed by atoms with Crippen molar-refractivity contribution in [2.75, 3.05) is 12.4 Å². The summed E-state index contributed by atoms with van der Waals surface area (Å²) in [7, 11) is 1.68. The van der Waals surface area contributed by atoms with Crippen LogP contribution in [0.5, 0.6) is 5.75 Å². The van der Waals surface area contributed by atoms with E-state index in [4.69, 9.17) is 9.73 Å². The third kappa shape index (κ3) is 3.86. The van der Waals surface area contributed by atoms with E-state index in [1.807, 2.05) is 54.7 Å². The molecular weight excluding hydrogens is 380 g/mol. The number of para-hydroxylation sites is 2. The van der Waals surface area contributed by atoms with E-state index in [1.165, 1.54) is 21.5 Å². The largest absolute Gasteiger partial charge is 0.495 e. The van der Waals surface area contributed by atoms with Crippen LogP contribution >= 0.6 is 0 Å². The van der Waals surface area contributed by atoms with E-state index in [0.717, 1.165) is 28.4 Å². The molecule has 0 aliphatic carbocycles. The number of fused-ring (bicyclic) bond motifs is 2. The molecule has 0 spiro atoms. The number of nitrogens with zero attached hydrogens (tertiary/aromatic N) is 1. The van der Waals surface area contributed by atoms with Crippen molar-refractivity contribution in [2.45, 2.75) is 0 Å². The van der Waals surface area contributed by atoms with Gasteiger partial charge >= 0.3 is 0 Å². The lowest BCUT2D eigenvalue weighted by molar-refractivity contribution is 0.417.